The molecule has 0 fully saturated rings. The Morgan fingerprint density at radius 3 is 2.67 bits per heavy atom. The monoisotopic (exact) mass is 320 g/mol. The Morgan fingerprint density at radius 1 is 1.17 bits per heavy atom. The van der Waals surface area contributed by atoms with Gasteiger partial charge in [0.25, 0.3) is 5.56 Å². The van der Waals surface area contributed by atoms with Crippen LogP contribution in [0.1, 0.15) is 29.3 Å². The van der Waals surface area contributed by atoms with Gasteiger partial charge in [0.15, 0.2) is 5.78 Å². The van der Waals surface area contributed by atoms with Crippen LogP contribution >= 0.6 is 0 Å². The van der Waals surface area contributed by atoms with Crippen LogP contribution in [0.5, 0.6) is 5.88 Å². The number of pyridine rings is 1. The lowest BCUT2D eigenvalue weighted by atomic mass is 10.1. The van der Waals surface area contributed by atoms with Crippen LogP contribution in [0, 0.1) is 0 Å². The average Bonchev–Trinajstić information content (AvgIpc) is 2.61. The highest BCUT2D eigenvalue weighted by Gasteiger charge is 2.09. The van der Waals surface area contributed by atoms with Crippen LogP contribution in [-0.2, 0) is 0 Å². The van der Waals surface area contributed by atoms with Gasteiger partial charge in [0.05, 0.1) is 11.3 Å². The first-order valence-electron chi connectivity index (χ1n) is 7.61. The molecule has 5 nitrogen and oxygen atoms in total. The summed E-state index contributed by atoms with van der Waals surface area (Å²) in [5.74, 6) is -0.187. The fourth-order valence-corrected chi connectivity index (χ4v) is 2.52. The first-order valence-corrected chi connectivity index (χ1v) is 7.61. The van der Waals surface area contributed by atoms with Gasteiger partial charge in [0.1, 0.15) is 0 Å². The molecular weight excluding hydrogens is 304 g/mol. The molecule has 24 heavy (non-hydrogen) atoms. The van der Waals surface area contributed by atoms with Crippen molar-refractivity contribution in [2.24, 2.45) is 4.99 Å². The van der Waals surface area contributed by atoms with Crippen molar-refractivity contribution in [3.63, 3.8) is 0 Å². The number of rotatable bonds is 4. The van der Waals surface area contributed by atoms with Crippen LogP contribution in [0.3, 0.4) is 0 Å². The first-order chi connectivity index (χ1) is 11.6. The number of aliphatic imine (C=N–C) groups is 1. The van der Waals surface area contributed by atoms with Crippen LogP contribution in [0.15, 0.2) is 58.3 Å². The quantitative estimate of drug-likeness (QED) is 0.569. The van der Waals surface area contributed by atoms with Gasteiger partial charge in [-0.3, -0.25) is 19.6 Å². The van der Waals surface area contributed by atoms with Gasteiger partial charge in [-0.15, -0.1) is 0 Å². The lowest BCUT2D eigenvalue weighted by Crippen LogP contribution is -2.07. The number of aromatic nitrogens is 1. The van der Waals surface area contributed by atoms with Gasteiger partial charge in [-0.2, -0.15) is 0 Å². The highest BCUT2D eigenvalue weighted by molar-refractivity contribution is 6.02. The smallest absolute Gasteiger partial charge is 0.258 e. The molecule has 0 radical (unpaired) electrons. The number of benzene rings is 2. The lowest BCUT2D eigenvalue weighted by molar-refractivity contribution is 0.0988. The third kappa shape index (κ3) is 2.96. The van der Waals surface area contributed by atoms with Crippen LogP contribution < -0.4 is 5.56 Å². The van der Waals surface area contributed by atoms with Gasteiger partial charge in [0.2, 0.25) is 5.88 Å². The Labute approximate surface area is 138 Å². The molecule has 0 unspecified atom stereocenters. The minimum absolute atomic E-state index is 0.0457. The fourth-order valence-electron chi connectivity index (χ4n) is 2.52. The van der Waals surface area contributed by atoms with E-state index in [9.17, 15) is 14.7 Å². The summed E-state index contributed by atoms with van der Waals surface area (Å²) in [6.07, 6.45) is 1.92. The van der Waals surface area contributed by atoms with Crippen LogP contribution in [0.25, 0.3) is 10.8 Å². The number of ketones is 1. The number of Topliss-reactive ketones (excluding diaryl/α,β-unsaturated/α-hetero) is 1. The van der Waals surface area contributed by atoms with Crippen molar-refractivity contribution >= 4 is 28.5 Å². The van der Waals surface area contributed by atoms with Crippen molar-refractivity contribution in [3.05, 3.63) is 70.0 Å². The number of H-pyrrole nitrogens is 1. The molecule has 0 saturated carbocycles. The predicted molar refractivity (Wildman–Crippen MR) is 94.6 cm³/mol. The number of carbonyl (C=O) groups is 1. The van der Waals surface area contributed by atoms with E-state index in [0.29, 0.717) is 34.0 Å². The first kappa shape index (κ1) is 15.7. The lowest BCUT2D eigenvalue weighted by Gasteiger charge is -2.04. The SMILES string of the molecule is CCC(=O)c1cccc(N=Cc2c(O)[nH]c(=O)c3ccccc23)c1. The van der Waals surface area contributed by atoms with Crippen molar-refractivity contribution in [3.8, 4) is 5.88 Å². The number of carbonyl (C=O) groups excluding carboxylic acids is 1. The Bertz CT molecular complexity index is 1000. The van der Waals surface area contributed by atoms with E-state index in [-0.39, 0.29) is 17.2 Å². The molecule has 0 amide bonds. The van der Waals surface area contributed by atoms with Gasteiger partial charge in [-0.1, -0.05) is 37.3 Å². The zero-order chi connectivity index (χ0) is 17.1. The van der Waals surface area contributed by atoms with E-state index < -0.39 is 0 Å². The van der Waals surface area contributed by atoms with Crippen LogP contribution in [0.4, 0.5) is 5.69 Å². The van der Waals surface area contributed by atoms with Crippen LogP contribution in [0.2, 0.25) is 0 Å². The maximum atomic E-state index is 11.9. The third-order valence-corrected chi connectivity index (χ3v) is 3.78. The van der Waals surface area contributed by atoms with Crippen molar-refractivity contribution in [1.29, 1.82) is 0 Å². The standard InChI is InChI=1S/C19H16N2O3/c1-2-17(22)12-6-5-7-13(10-12)20-11-16-14-8-3-4-9-15(14)18(23)21-19(16)24/h3-11H,2H2,1H3,(H2,21,23,24). The Morgan fingerprint density at radius 2 is 1.92 bits per heavy atom. The normalized spacial score (nSPS) is 11.2. The van der Waals surface area contributed by atoms with Crippen LogP contribution in [-0.4, -0.2) is 22.1 Å². The number of aromatic amines is 1. The predicted octanol–water partition coefficient (Wildman–Crippen LogP) is 3.58. The minimum Gasteiger partial charge on any atom is -0.494 e. The second-order valence-corrected chi connectivity index (χ2v) is 5.35. The van der Waals surface area contributed by atoms with Crippen molar-refractivity contribution < 1.29 is 9.90 Å². The highest BCUT2D eigenvalue weighted by Crippen LogP contribution is 2.22. The van der Waals surface area contributed by atoms with E-state index in [4.69, 9.17) is 0 Å². The summed E-state index contributed by atoms with van der Waals surface area (Å²) < 4.78 is 0. The molecule has 0 aliphatic rings. The Kier molecular flexibility index (Phi) is 4.24. The number of nitrogens with one attached hydrogen (secondary N) is 1. The van der Waals surface area contributed by atoms with E-state index in [1.54, 1.807) is 48.5 Å². The fraction of sp³-hybridized carbons (Fsp3) is 0.105. The molecule has 0 bridgehead atoms. The number of nitrogens with zero attached hydrogens (tertiary/aromatic N) is 1. The highest BCUT2D eigenvalue weighted by atomic mass is 16.3. The molecule has 0 aliphatic carbocycles. The number of fused-ring (bicyclic) bond motifs is 1. The zero-order valence-electron chi connectivity index (χ0n) is 13.1. The molecule has 0 aliphatic heterocycles. The third-order valence-electron chi connectivity index (χ3n) is 3.78. The maximum Gasteiger partial charge on any atom is 0.258 e. The molecule has 2 N–H and O–H groups in total. The topological polar surface area (TPSA) is 82.5 Å². The van der Waals surface area contributed by atoms with Gasteiger partial charge < -0.3 is 5.11 Å². The van der Waals surface area contributed by atoms with E-state index in [1.807, 2.05) is 6.92 Å². The summed E-state index contributed by atoms with van der Waals surface area (Å²) >= 11 is 0. The molecule has 1 aromatic heterocycles. The van der Waals surface area contributed by atoms with Gasteiger partial charge in [-0.25, -0.2) is 0 Å². The zero-order valence-corrected chi connectivity index (χ0v) is 13.1. The Balaban J connectivity index is 2.06. The Hall–Kier alpha value is -3.21. The average molecular weight is 320 g/mol. The second kappa shape index (κ2) is 6.50. The molecule has 2 aromatic carbocycles. The molecule has 0 saturated heterocycles. The van der Waals surface area contributed by atoms with Gasteiger partial charge in [-0.05, 0) is 18.2 Å². The minimum atomic E-state index is -0.351. The van der Waals surface area contributed by atoms with E-state index in [2.05, 4.69) is 9.98 Å². The molecule has 3 aromatic rings. The summed E-state index contributed by atoms with van der Waals surface area (Å²) in [5.41, 5.74) is 1.28. The van der Waals surface area contributed by atoms with Gasteiger partial charge in [0, 0.05) is 29.0 Å². The van der Waals surface area contributed by atoms with E-state index in [1.165, 1.54) is 6.21 Å². The molecule has 120 valence electrons. The van der Waals surface area contributed by atoms with Crippen molar-refractivity contribution in [2.45, 2.75) is 13.3 Å². The van der Waals surface area contributed by atoms with Crippen molar-refractivity contribution in [1.82, 2.24) is 4.98 Å². The van der Waals surface area contributed by atoms with E-state index >= 15 is 0 Å². The number of hydrogen-bond donors (Lipinski definition) is 2. The molecule has 1 heterocycles. The summed E-state index contributed by atoms with van der Waals surface area (Å²) in [5, 5.41) is 11.1. The largest absolute Gasteiger partial charge is 0.494 e. The summed E-state index contributed by atoms with van der Waals surface area (Å²) in [6, 6.07) is 14.0. The van der Waals surface area contributed by atoms with Gasteiger partial charge >= 0.3 is 0 Å². The molecule has 3 rings (SSSR count). The van der Waals surface area contributed by atoms with Crippen molar-refractivity contribution in [2.75, 3.05) is 0 Å². The molecular formula is C19H16N2O3. The number of hydrogen-bond acceptors (Lipinski definition) is 4. The molecule has 5 heteroatoms. The van der Waals surface area contributed by atoms with E-state index in [0.717, 1.165) is 0 Å². The molecule has 0 atom stereocenters. The summed E-state index contributed by atoms with van der Waals surface area (Å²) in [7, 11) is 0. The number of aromatic hydroxyl groups is 1. The summed E-state index contributed by atoms with van der Waals surface area (Å²) in [4.78, 5) is 30.4. The molecule has 0 spiro atoms. The summed E-state index contributed by atoms with van der Waals surface area (Å²) in [6.45, 7) is 1.81. The second-order valence-electron chi connectivity index (χ2n) is 5.35. The maximum absolute atomic E-state index is 11.9.